The minimum atomic E-state index is -0.0000934. The van der Waals surface area contributed by atoms with E-state index in [-0.39, 0.29) is 5.57 Å². The number of hydrogen-bond donors (Lipinski definition) is 1. The predicted molar refractivity (Wildman–Crippen MR) is 71.2 cm³/mol. The molecule has 19 heavy (non-hydrogen) atoms. The normalized spacial score (nSPS) is 9.21. The monoisotopic (exact) mass is 250 g/mol. The molecule has 1 aromatic heterocycles. The maximum atomic E-state index is 8.68. The van der Waals surface area contributed by atoms with Crippen LogP contribution >= 0.6 is 0 Å². The molecule has 0 saturated carbocycles. The van der Waals surface area contributed by atoms with E-state index in [0.717, 1.165) is 5.39 Å². The Hall–Kier alpha value is -3.05. The predicted octanol–water partition coefficient (Wildman–Crippen LogP) is 2.59. The second kappa shape index (κ2) is 5.52. The molecule has 2 aromatic rings. The number of rotatable bonds is 3. The summed E-state index contributed by atoms with van der Waals surface area (Å²) in [7, 11) is 1.55. The van der Waals surface area contributed by atoms with Crippen LogP contribution in [0.15, 0.2) is 42.1 Å². The summed E-state index contributed by atoms with van der Waals surface area (Å²) in [5.74, 6) is 0.506. The topological polar surface area (TPSA) is 81.7 Å². The summed E-state index contributed by atoms with van der Waals surface area (Å²) in [6.07, 6.45) is 1.36. The second-order valence-electron chi connectivity index (χ2n) is 3.66. The van der Waals surface area contributed by atoms with E-state index in [1.807, 2.05) is 24.3 Å². The Morgan fingerprint density at radius 1 is 1.26 bits per heavy atom. The van der Waals surface area contributed by atoms with Crippen molar-refractivity contribution in [2.75, 3.05) is 12.4 Å². The van der Waals surface area contributed by atoms with Gasteiger partial charge in [-0.2, -0.15) is 10.5 Å². The molecule has 0 saturated heterocycles. The van der Waals surface area contributed by atoms with Crippen molar-refractivity contribution in [2.45, 2.75) is 0 Å². The lowest BCUT2D eigenvalue weighted by Crippen LogP contribution is -1.94. The van der Waals surface area contributed by atoms with Crippen molar-refractivity contribution in [3.05, 3.63) is 42.1 Å². The van der Waals surface area contributed by atoms with Crippen LogP contribution in [-0.4, -0.2) is 12.1 Å². The van der Waals surface area contributed by atoms with E-state index in [0.29, 0.717) is 17.1 Å². The molecule has 1 aromatic carbocycles. The number of methoxy groups -OCH3 is 1. The summed E-state index contributed by atoms with van der Waals surface area (Å²) in [4.78, 5) is 4.34. The zero-order chi connectivity index (χ0) is 13.7. The van der Waals surface area contributed by atoms with Crippen molar-refractivity contribution < 1.29 is 4.74 Å². The average Bonchev–Trinajstić information content (AvgIpc) is 2.47. The molecule has 0 radical (unpaired) electrons. The van der Waals surface area contributed by atoms with Gasteiger partial charge in [-0.05, 0) is 12.1 Å². The Bertz CT molecular complexity index is 706. The van der Waals surface area contributed by atoms with Gasteiger partial charge in [-0.15, -0.1) is 0 Å². The fraction of sp³-hybridized carbons (Fsp3) is 0.0714. The molecule has 0 aliphatic heterocycles. The Balaban J connectivity index is 2.46. The van der Waals surface area contributed by atoms with Crippen molar-refractivity contribution in [2.24, 2.45) is 0 Å². The fourth-order valence-corrected chi connectivity index (χ4v) is 1.60. The molecule has 1 N–H and O–H groups in total. The van der Waals surface area contributed by atoms with Gasteiger partial charge in [-0.25, -0.2) is 4.98 Å². The van der Waals surface area contributed by atoms with Gasteiger partial charge in [-0.3, -0.25) is 0 Å². The molecule has 1 heterocycles. The van der Waals surface area contributed by atoms with Crippen molar-refractivity contribution in [1.82, 2.24) is 4.98 Å². The number of aromatic nitrogens is 1. The maximum Gasteiger partial charge on any atom is 0.213 e. The van der Waals surface area contributed by atoms with Crippen LogP contribution < -0.4 is 10.1 Å². The van der Waals surface area contributed by atoms with Gasteiger partial charge in [0.1, 0.15) is 17.7 Å². The zero-order valence-corrected chi connectivity index (χ0v) is 10.2. The number of allylic oxidation sites excluding steroid dienone is 1. The lowest BCUT2D eigenvalue weighted by atomic mass is 10.2. The number of nitrogens with one attached hydrogen (secondary N) is 1. The highest BCUT2D eigenvalue weighted by atomic mass is 16.5. The van der Waals surface area contributed by atoms with Crippen LogP contribution in [0.1, 0.15) is 0 Å². The minimum absolute atomic E-state index is 0.0000934. The first-order chi connectivity index (χ1) is 9.28. The number of nitrogens with zero attached hydrogens (tertiary/aromatic N) is 3. The van der Waals surface area contributed by atoms with E-state index < -0.39 is 0 Å². The quantitative estimate of drug-likeness (QED) is 0.846. The molecule has 0 aliphatic carbocycles. The first-order valence-electron chi connectivity index (χ1n) is 5.49. The Kier molecular flexibility index (Phi) is 3.61. The molecule has 0 aliphatic rings. The smallest absolute Gasteiger partial charge is 0.213 e. The van der Waals surface area contributed by atoms with Gasteiger partial charge in [0.2, 0.25) is 5.88 Å². The van der Waals surface area contributed by atoms with Gasteiger partial charge in [0.05, 0.1) is 18.3 Å². The molecule has 2 rings (SSSR count). The van der Waals surface area contributed by atoms with Crippen LogP contribution in [-0.2, 0) is 0 Å². The molecule has 0 atom stereocenters. The lowest BCUT2D eigenvalue weighted by molar-refractivity contribution is 0.399. The molecular weight excluding hydrogens is 240 g/mol. The first kappa shape index (κ1) is 12.4. The Morgan fingerprint density at radius 3 is 2.74 bits per heavy atom. The molecule has 5 heteroatoms. The van der Waals surface area contributed by atoms with E-state index in [4.69, 9.17) is 15.3 Å². The van der Waals surface area contributed by atoms with Crippen LogP contribution in [0, 0.1) is 22.7 Å². The minimum Gasteiger partial charge on any atom is -0.481 e. The van der Waals surface area contributed by atoms with Crippen LogP contribution in [0.5, 0.6) is 5.88 Å². The van der Waals surface area contributed by atoms with Crippen LogP contribution in [0.2, 0.25) is 0 Å². The van der Waals surface area contributed by atoms with Crippen LogP contribution in [0.25, 0.3) is 10.9 Å². The number of para-hydroxylation sites is 1. The summed E-state index contributed by atoms with van der Waals surface area (Å²) in [6.45, 7) is 0. The van der Waals surface area contributed by atoms with Crippen LogP contribution in [0.4, 0.5) is 5.69 Å². The van der Waals surface area contributed by atoms with E-state index in [2.05, 4.69) is 10.3 Å². The molecule has 0 spiro atoms. The first-order valence-corrected chi connectivity index (χ1v) is 5.49. The molecular formula is C14H10N4O. The third-order valence-corrected chi connectivity index (χ3v) is 2.52. The van der Waals surface area contributed by atoms with Crippen molar-refractivity contribution in [1.29, 1.82) is 10.5 Å². The fourth-order valence-electron chi connectivity index (χ4n) is 1.60. The average molecular weight is 250 g/mol. The molecule has 0 bridgehead atoms. The van der Waals surface area contributed by atoms with Crippen molar-refractivity contribution >= 4 is 16.6 Å². The standard InChI is InChI=1S/C14H10N4O/c1-19-13-6-5-11-3-2-4-12(14(11)18-13)17-9-10(7-15)8-16/h2-6,9,17H,1H3. The number of fused-ring (bicyclic) bond motifs is 1. The largest absolute Gasteiger partial charge is 0.481 e. The summed E-state index contributed by atoms with van der Waals surface area (Å²) in [5, 5.41) is 21.2. The van der Waals surface area contributed by atoms with E-state index in [9.17, 15) is 0 Å². The second-order valence-corrected chi connectivity index (χ2v) is 3.66. The van der Waals surface area contributed by atoms with E-state index in [1.54, 1.807) is 25.3 Å². The van der Waals surface area contributed by atoms with Crippen LogP contribution in [0.3, 0.4) is 0 Å². The summed E-state index contributed by atoms with van der Waals surface area (Å²) < 4.78 is 5.09. The highest BCUT2D eigenvalue weighted by Crippen LogP contribution is 2.24. The number of benzene rings is 1. The van der Waals surface area contributed by atoms with E-state index >= 15 is 0 Å². The zero-order valence-electron chi connectivity index (χ0n) is 10.2. The molecule has 0 amide bonds. The SMILES string of the molecule is COc1ccc2cccc(NC=C(C#N)C#N)c2n1. The van der Waals surface area contributed by atoms with Gasteiger partial charge in [0, 0.05) is 17.7 Å². The highest BCUT2D eigenvalue weighted by Gasteiger charge is 2.03. The molecule has 92 valence electrons. The molecule has 0 unspecified atom stereocenters. The number of pyridine rings is 1. The molecule has 0 fully saturated rings. The molecule has 5 nitrogen and oxygen atoms in total. The van der Waals surface area contributed by atoms with Gasteiger partial charge < -0.3 is 10.1 Å². The summed E-state index contributed by atoms with van der Waals surface area (Å²) in [5.41, 5.74) is 1.42. The van der Waals surface area contributed by atoms with Gasteiger partial charge in [-0.1, -0.05) is 12.1 Å². The number of anilines is 1. The lowest BCUT2D eigenvalue weighted by Gasteiger charge is -2.06. The number of hydrogen-bond acceptors (Lipinski definition) is 5. The summed E-state index contributed by atoms with van der Waals surface area (Å²) in [6, 6.07) is 12.8. The Labute approximate surface area is 110 Å². The number of ether oxygens (including phenoxy) is 1. The van der Waals surface area contributed by atoms with Crippen molar-refractivity contribution in [3.8, 4) is 18.0 Å². The van der Waals surface area contributed by atoms with Gasteiger partial charge in [0.25, 0.3) is 0 Å². The Morgan fingerprint density at radius 2 is 2.05 bits per heavy atom. The maximum absolute atomic E-state index is 8.68. The number of nitriles is 2. The summed E-state index contributed by atoms with van der Waals surface area (Å²) >= 11 is 0. The van der Waals surface area contributed by atoms with Gasteiger partial charge in [0.15, 0.2) is 0 Å². The third kappa shape index (κ3) is 2.62. The van der Waals surface area contributed by atoms with Crippen molar-refractivity contribution in [3.63, 3.8) is 0 Å². The van der Waals surface area contributed by atoms with Gasteiger partial charge >= 0.3 is 0 Å². The highest BCUT2D eigenvalue weighted by molar-refractivity contribution is 5.91. The third-order valence-electron chi connectivity index (χ3n) is 2.52. The van der Waals surface area contributed by atoms with E-state index in [1.165, 1.54) is 6.20 Å².